The summed E-state index contributed by atoms with van der Waals surface area (Å²) in [5, 5.41) is 10.4. The minimum atomic E-state index is -4.78. The quantitative estimate of drug-likeness (QED) is 0.473. The first-order valence-electron chi connectivity index (χ1n) is 4.79. The number of hydrogen-bond donors (Lipinski definition) is 2. The molecular formula is C9H7F6N5. The van der Waals surface area contributed by atoms with Crippen LogP contribution in [0.1, 0.15) is 5.56 Å². The Labute approximate surface area is 107 Å². The van der Waals surface area contributed by atoms with Gasteiger partial charge in [-0.3, -0.25) is 5.41 Å². The number of alkyl halides is 6. The molecule has 0 aliphatic heterocycles. The van der Waals surface area contributed by atoms with Gasteiger partial charge in [0.1, 0.15) is 0 Å². The lowest BCUT2D eigenvalue weighted by Gasteiger charge is -2.05. The first kappa shape index (κ1) is 15.7. The maximum atomic E-state index is 12.3. The Balaban J connectivity index is 2.90. The Bertz CT molecular complexity index is 550. The van der Waals surface area contributed by atoms with Crippen LogP contribution < -0.4 is 5.73 Å². The van der Waals surface area contributed by atoms with Crippen LogP contribution in [0.3, 0.4) is 0 Å². The van der Waals surface area contributed by atoms with Crippen LogP contribution in [0.15, 0.2) is 29.2 Å². The zero-order chi connectivity index (χ0) is 15.6. The molecule has 11 heteroatoms. The van der Waals surface area contributed by atoms with Gasteiger partial charge in [-0.1, -0.05) is 0 Å². The van der Waals surface area contributed by atoms with Gasteiger partial charge in [0.15, 0.2) is 0 Å². The molecule has 0 fully saturated rings. The second-order valence-corrected chi connectivity index (χ2v) is 3.37. The van der Waals surface area contributed by atoms with E-state index in [4.69, 9.17) is 11.1 Å². The third kappa shape index (κ3) is 3.83. The first-order valence-corrected chi connectivity index (χ1v) is 4.79. The normalized spacial score (nSPS) is 14.0. The minimum absolute atomic E-state index is 0.220. The number of hydrogen-bond acceptors (Lipinski definition) is 3. The first-order chi connectivity index (χ1) is 9.05. The summed E-state index contributed by atoms with van der Waals surface area (Å²) in [4.78, 5) is 3.05. The molecule has 3 N–H and O–H groups in total. The van der Waals surface area contributed by atoms with Crippen molar-refractivity contribution in [3.63, 3.8) is 0 Å². The van der Waals surface area contributed by atoms with Crippen LogP contribution in [-0.4, -0.2) is 28.1 Å². The average molecular weight is 299 g/mol. The van der Waals surface area contributed by atoms with Gasteiger partial charge >= 0.3 is 12.4 Å². The third-order valence-electron chi connectivity index (χ3n) is 1.96. The highest BCUT2D eigenvalue weighted by molar-refractivity contribution is 5.93. The molecule has 0 unspecified atom stereocenters. The molecule has 0 aliphatic rings. The van der Waals surface area contributed by atoms with Crippen LogP contribution in [-0.2, 0) is 6.18 Å². The summed E-state index contributed by atoms with van der Waals surface area (Å²) in [5.74, 6) is -0.927. The van der Waals surface area contributed by atoms with Crippen molar-refractivity contribution in [3.05, 3.63) is 29.7 Å². The number of nitrogens with two attached hydrogens (primary N) is 1. The number of nitrogens with zero attached hydrogens (tertiary/aromatic N) is 3. The van der Waals surface area contributed by atoms with E-state index < -0.39 is 29.4 Å². The van der Waals surface area contributed by atoms with Crippen molar-refractivity contribution in [2.75, 3.05) is 0 Å². The van der Waals surface area contributed by atoms with E-state index in [0.29, 0.717) is 17.1 Å². The Morgan fingerprint density at radius 3 is 2.30 bits per heavy atom. The number of halogens is 6. The maximum absolute atomic E-state index is 12.3. The molecule has 1 aromatic heterocycles. The number of allylic oxidation sites excluding steroid dienone is 1. The highest BCUT2D eigenvalue weighted by atomic mass is 19.4. The molecule has 0 saturated carbocycles. The number of rotatable bonds is 1. The predicted molar refractivity (Wildman–Crippen MR) is 57.2 cm³/mol. The van der Waals surface area contributed by atoms with Gasteiger partial charge in [0.2, 0.25) is 5.96 Å². The number of aromatic nitrogens is 2. The molecular weight excluding hydrogens is 292 g/mol. The smallest absolute Gasteiger partial charge is 0.404 e. The van der Waals surface area contributed by atoms with E-state index in [1.165, 1.54) is 0 Å². The zero-order valence-corrected chi connectivity index (χ0v) is 9.50. The summed E-state index contributed by atoms with van der Waals surface area (Å²) in [6.45, 7) is 0. The molecule has 0 saturated heterocycles. The van der Waals surface area contributed by atoms with Crippen molar-refractivity contribution >= 4 is 12.2 Å². The fourth-order valence-corrected chi connectivity index (χ4v) is 0.986. The van der Waals surface area contributed by atoms with Crippen molar-refractivity contribution in [1.82, 2.24) is 9.78 Å². The third-order valence-corrected chi connectivity index (χ3v) is 1.96. The molecule has 0 amide bonds. The molecule has 0 radical (unpaired) electrons. The molecule has 1 aromatic rings. The number of nitrogens with one attached hydrogen (secondary N) is 1. The molecule has 0 aromatic carbocycles. The van der Waals surface area contributed by atoms with Crippen molar-refractivity contribution in [1.29, 1.82) is 5.41 Å². The monoisotopic (exact) mass is 299 g/mol. The molecule has 1 rings (SSSR count). The van der Waals surface area contributed by atoms with Gasteiger partial charge in [-0.25, -0.2) is 9.67 Å². The molecule has 20 heavy (non-hydrogen) atoms. The molecule has 1 heterocycles. The summed E-state index contributed by atoms with van der Waals surface area (Å²) in [5.41, 5.74) is 2.24. The zero-order valence-electron chi connectivity index (χ0n) is 9.50. The summed E-state index contributed by atoms with van der Waals surface area (Å²) in [6.07, 6.45) is -8.15. The van der Waals surface area contributed by atoms with E-state index in [-0.39, 0.29) is 12.4 Å². The van der Waals surface area contributed by atoms with E-state index in [2.05, 4.69) is 10.1 Å². The molecule has 0 spiro atoms. The maximum Gasteiger partial charge on any atom is 0.419 e. The van der Waals surface area contributed by atoms with Crippen LogP contribution >= 0.6 is 0 Å². The van der Waals surface area contributed by atoms with Crippen molar-refractivity contribution < 1.29 is 26.3 Å². The van der Waals surface area contributed by atoms with Crippen molar-refractivity contribution in [2.45, 2.75) is 12.4 Å². The summed E-state index contributed by atoms with van der Waals surface area (Å²) >= 11 is 0. The summed E-state index contributed by atoms with van der Waals surface area (Å²) < 4.78 is 73.9. The van der Waals surface area contributed by atoms with Gasteiger partial charge in [-0.2, -0.15) is 31.4 Å². The van der Waals surface area contributed by atoms with Crippen LogP contribution in [0.25, 0.3) is 0 Å². The van der Waals surface area contributed by atoms with Gasteiger partial charge in [-0.15, -0.1) is 0 Å². The second kappa shape index (κ2) is 5.35. The van der Waals surface area contributed by atoms with Crippen molar-refractivity contribution in [2.24, 2.45) is 10.7 Å². The predicted octanol–water partition coefficient (Wildman–Crippen LogP) is 2.16. The largest absolute Gasteiger partial charge is 0.419 e. The average Bonchev–Trinajstić information content (AvgIpc) is 2.76. The van der Waals surface area contributed by atoms with Crippen molar-refractivity contribution in [3.8, 4) is 0 Å². The highest BCUT2D eigenvalue weighted by Crippen LogP contribution is 2.28. The van der Waals surface area contributed by atoms with Crippen LogP contribution in [0.2, 0.25) is 0 Å². The lowest BCUT2D eigenvalue weighted by molar-refractivity contribution is -0.137. The lowest BCUT2D eigenvalue weighted by atomic mass is 10.3. The Kier molecular flexibility index (Phi) is 4.20. The van der Waals surface area contributed by atoms with Gasteiger partial charge in [-0.05, 0) is 0 Å². The fourth-order valence-electron chi connectivity index (χ4n) is 0.986. The highest BCUT2D eigenvalue weighted by Gasteiger charge is 2.33. The standard InChI is InChI=1S/C9H7F6N5/c10-8(11,12)5(1-16)2-18-7(17)20-4-6(3-19-20)9(13,14)15/h1-4,17H,16H2. The van der Waals surface area contributed by atoms with Crippen LogP contribution in [0.5, 0.6) is 0 Å². The lowest BCUT2D eigenvalue weighted by Crippen LogP contribution is -2.16. The van der Waals surface area contributed by atoms with E-state index >= 15 is 0 Å². The Morgan fingerprint density at radius 1 is 1.30 bits per heavy atom. The SMILES string of the molecule is N=C(N=CC(=CN)C(F)(F)F)n1cc(C(F)(F)F)cn1. The van der Waals surface area contributed by atoms with E-state index in [0.717, 1.165) is 0 Å². The topological polar surface area (TPSA) is 80.0 Å². The summed E-state index contributed by atoms with van der Waals surface area (Å²) in [7, 11) is 0. The van der Waals surface area contributed by atoms with Crippen LogP contribution in [0.4, 0.5) is 26.3 Å². The van der Waals surface area contributed by atoms with Gasteiger partial charge in [0.25, 0.3) is 0 Å². The molecule has 110 valence electrons. The van der Waals surface area contributed by atoms with Gasteiger partial charge in [0.05, 0.1) is 17.3 Å². The summed E-state index contributed by atoms with van der Waals surface area (Å²) in [6, 6.07) is 0. The van der Waals surface area contributed by atoms with E-state index in [9.17, 15) is 26.3 Å². The van der Waals surface area contributed by atoms with Gasteiger partial charge < -0.3 is 5.73 Å². The van der Waals surface area contributed by atoms with E-state index in [1.807, 2.05) is 0 Å². The van der Waals surface area contributed by atoms with Crippen LogP contribution in [0, 0.1) is 5.41 Å². The number of aliphatic imine (C=N–C) groups is 1. The van der Waals surface area contributed by atoms with Gasteiger partial charge in [0, 0.05) is 18.6 Å². The molecule has 0 aliphatic carbocycles. The minimum Gasteiger partial charge on any atom is -0.404 e. The Morgan fingerprint density at radius 2 is 1.90 bits per heavy atom. The molecule has 5 nitrogen and oxygen atoms in total. The van der Waals surface area contributed by atoms with E-state index in [1.54, 1.807) is 0 Å². The molecule has 0 bridgehead atoms. The fraction of sp³-hybridized carbons (Fsp3) is 0.222. The second-order valence-electron chi connectivity index (χ2n) is 3.37. The molecule has 0 atom stereocenters. The Hall–Kier alpha value is -2.33.